The van der Waals surface area contributed by atoms with Gasteiger partial charge in [-0.25, -0.2) is 18.7 Å². The third-order valence-electron chi connectivity index (χ3n) is 7.62. The second-order valence-corrected chi connectivity index (χ2v) is 11.6. The van der Waals surface area contributed by atoms with Crippen molar-refractivity contribution in [3.8, 4) is 6.07 Å². The molecule has 1 saturated heterocycles. The minimum atomic E-state index is -4.38. The molecule has 1 atom stereocenters. The van der Waals surface area contributed by atoms with Gasteiger partial charge in [-0.2, -0.15) is 23.5 Å². The number of hydrogen-bond donors (Lipinski definition) is 2. The van der Waals surface area contributed by atoms with Crippen molar-refractivity contribution in [3.63, 3.8) is 0 Å². The number of hydrogen-bond acceptors (Lipinski definition) is 7. The van der Waals surface area contributed by atoms with Gasteiger partial charge < -0.3 is 9.88 Å². The van der Waals surface area contributed by atoms with Crippen molar-refractivity contribution in [2.75, 3.05) is 18.4 Å². The Hall–Kier alpha value is -4.09. The molecule has 1 aliphatic rings. The number of piperidine rings is 1. The summed E-state index contributed by atoms with van der Waals surface area (Å²) in [6, 6.07) is 7.98. The third kappa shape index (κ3) is 5.54. The fourth-order valence-corrected chi connectivity index (χ4v) is 6.56. The summed E-state index contributed by atoms with van der Waals surface area (Å²) in [7, 11) is 0. The van der Waals surface area contributed by atoms with Crippen molar-refractivity contribution in [3.05, 3.63) is 70.2 Å². The molecule has 5 aromatic rings. The molecule has 6 rings (SSSR count). The number of nitriles is 1. The van der Waals surface area contributed by atoms with Gasteiger partial charge in [-0.15, -0.1) is 11.3 Å². The Balaban J connectivity index is 1.18. The Morgan fingerprint density at radius 2 is 2.02 bits per heavy atom. The Bertz CT molecular complexity index is 1780. The van der Waals surface area contributed by atoms with Crippen LogP contribution in [0, 0.1) is 18.3 Å². The van der Waals surface area contributed by atoms with Gasteiger partial charge in [-0.1, -0.05) is 6.07 Å². The van der Waals surface area contributed by atoms with Crippen LogP contribution in [0.3, 0.4) is 0 Å². The number of aryl methyl sites for hydroxylation is 1. The molecule has 14 heteroatoms. The zero-order valence-electron chi connectivity index (χ0n) is 22.3. The van der Waals surface area contributed by atoms with E-state index in [-0.39, 0.29) is 17.1 Å². The van der Waals surface area contributed by atoms with Crippen LogP contribution in [0.2, 0.25) is 0 Å². The molecule has 0 bridgehead atoms. The quantitative estimate of drug-likeness (QED) is 0.222. The van der Waals surface area contributed by atoms with Gasteiger partial charge in [0.25, 0.3) is 5.92 Å². The summed E-state index contributed by atoms with van der Waals surface area (Å²) in [5.74, 6) is -3.02. The molecule has 0 aliphatic carbocycles. The summed E-state index contributed by atoms with van der Waals surface area (Å²) in [4.78, 5) is 10.2. The van der Waals surface area contributed by atoms with Crippen molar-refractivity contribution in [2.24, 2.45) is 0 Å². The molecule has 8 nitrogen and oxygen atoms in total. The molecule has 4 aromatic heterocycles. The molecular weight excluding hydrogens is 575 g/mol. The summed E-state index contributed by atoms with van der Waals surface area (Å²) in [6.07, 6.45) is -0.742. The van der Waals surface area contributed by atoms with Crippen molar-refractivity contribution in [1.29, 1.82) is 5.26 Å². The maximum absolute atomic E-state index is 15.4. The van der Waals surface area contributed by atoms with Crippen LogP contribution in [0.15, 0.2) is 43.0 Å². The number of rotatable bonds is 7. The number of nitrogens with one attached hydrogen (secondary N) is 2. The molecule has 0 amide bonds. The molecule has 218 valence electrons. The molecule has 1 unspecified atom stereocenters. The molecule has 2 N–H and O–H groups in total. The highest BCUT2D eigenvalue weighted by Crippen LogP contribution is 2.36. The Morgan fingerprint density at radius 3 is 2.74 bits per heavy atom. The van der Waals surface area contributed by atoms with Crippen LogP contribution in [0.1, 0.15) is 33.7 Å². The lowest BCUT2D eigenvalue weighted by molar-refractivity contribution is -0.126. The highest BCUT2D eigenvalue weighted by atomic mass is 32.1. The van der Waals surface area contributed by atoms with Gasteiger partial charge in [0, 0.05) is 40.6 Å². The van der Waals surface area contributed by atoms with Crippen LogP contribution < -0.4 is 5.32 Å². The lowest BCUT2D eigenvalue weighted by Gasteiger charge is -2.39. The average molecular weight is 601 g/mol. The molecule has 1 aliphatic heterocycles. The fourth-order valence-electron chi connectivity index (χ4n) is 5.54. The van der Waals surface area contributed by atoms with Gasteiger partial charge in [-0.3, -0.25) is 10.00 Å². The van der Waals surface area contributed by atoms with Crippen molar-refractivity contribution in [2.45, 2.75) is 51.0 Å². The molecule has 1 fully saturated rings. The Morgan fingerprint density at radius 1 is 1.19 bits per heavy atom. The number of H-pyrrole nitrogens is 1. The second kappa shape index (κ2) is 10.6. The smallest absolute Gasteiger partial charge is 0.361 e. The SMILES string of the molecule is Cc1c(CN2CCC(Nc3ncnc4sc(CC(F)(F)F)cc34)C(F)(F)C2)ccc2c1cc(C#N)n2Cc1cn[nH]c1. The molecule has 5 heterocycles. The minimum absolute atomic E-state index is 0.0497. The summed E-state index contributed by atoms with van der Waals surface area (Å²) < 4.78 is 71.4. The van der Waals surface area contributed by atoms with E-state index >= 15 is 8.78 Å². The van der Waals surface area contributed by atoms with Crippen LogP contribution in [-0.4, -0.2) is 60.9 Å². The Kier molecular flexibility index (Phi) is 7.10. The fraction of sp³-hybridized carbons (Fsp3) is 0.357. The molecular formula is C28H25F5N8S. The molecule has 0 radical (unpaired) electrons. The van der Waals surface area contributed by atoms with Crippen LogP contribution in [0.5, 0.6) is 0 Å². The van der Waals surface area contributed by atoms with Gasteiger partial charge in [0.05, 0.1) is 37.1 Å². The summed E-state index contributed by atoms with van der Waals surface area (Å²) >= 11 is 0.878. The number of thiophene rings is 1. The monoisotopic (exact) mass is 600 g/mol. The standard InChI is InChI=1S/C28H25F5N8S/c1-16-18(2-3-23-21(16)6-19(9-34)41(23)12-17-10-37-38-11-17)13-40-5-4-24(27(29,30)14-40)39-25-22-7-20(8-28(31,32)33)42-26(22)36-15-35-25/h2-3,6-7,10-11,15,24H,4-5,8,12-14H2,1H3,(H,37,38)(H,35,36,39). The van der Waals surface area contributed by atoms with Gasteiger partial charge in [0.1, 0.15) is 28.7 Å². The van der Waals surface area contributed by atoms with Crippen LogP contribution >= 0.6 is 11.3 Å². The zero-order chi connectivity index (χ0) is 29.6. The van der Waals surface area contributed by atoms with E-state index in [1.54, 1.807) is 17.3 Å². The maximum Gasteiger partial charge on any atom is 0.393 e. The van der Waals surface area contributed by atoms with E-state index in [0.717, 1.165) is 38.9 Å². The number of alkyl halides is 5. The number of likely N-dealkylation sites (tertiary alicyclic amines) is 1. The van der Waals surface area contributed by atoms with E-state index in [9.17, 15) is 18.4 Å². The lowest BCUT2D eigenvalue weighted by atomic mass is 9.98. The van der Waals surface area contributed by atoms with Crippen LogP contribution in [-0.2, 0) is 19.5 Å². The maximum atomic E-state index is 15.4. The van der Waals surface area contributed by atoms with Gasteiger partial charge in [-0.05, 0) is 42.7 Å². The predicted molar refractivity (Wildman–Crippen MR) is 149 cm³/mol. The minimum Gasteiger partial charge on any atom is -0.361 e. The van der Waals surface area contributed by atoms with Crippen molar-refractivity contribution < 1.29 is 22.0 Å². The van der Waals surface area contributed by atoms with Gasteiger partial charge in [0.2, 0.25) is 0 Å². The second-order valence-electron chi connectivity index (χ2n) is 10.5. The van der Waals surface area contributed by atoms with E-state index in [1.165, 1.54) is 12.4 Å². The first kappa shape index (κ1) is 28.0. The average Bonchev–Trinajstić information content (AvgIpc) is 3.66. The number of halogens is 5. The Labute approximate surface area is 240 Å². The van der Waals surface area contributed by atoms with Crippen molar-refractivity contribution >= 4 is 38.3 Å². The summed E-state index contributed by atoms with van der Waals surface area (Å²) in [5.41, 5.74) is 4.12. The number of anilines is 1. The molecule has 0 saturated carbocycles. The summed E-state index contributed by atoms with van der Waals surface area (Å²) in [5, 5.41) is 20.5. The van der Waals surface area contributed by atoms with Crippen LogP contribution in [0.25, 0.3) is 21.1 Å². The largest absolute Gasteiger partial charge is 0.393 e. The normalized spacial score (nSPS) is 17.6. The number of nitrogens with zero attached hydrogens (tertiary/aromatic N) is 6. The van der Waals surface area contributed by atoms with Gasteiger partial charge in [0.15, 0.2) is 0 Å². The first-order valence-electron chi connectivity index (χ1n) is 13.2. The number of benzene rings is 1. The first-order chi connectivity index (χ1) is 20.0. The highest BCUT2D eigenvalue weighted by molar-refractivity contribution is 7.18. The number of fused-ring (bicyclic) bond motifs is 2. The topological polar surface area (TPSA) is 98.5 Å². The molecule has 42 heavy (non-hydrogen) atoms. The van der Waals surface area contributed by atoms with E-state index < -0.39 is 31.1 Å². The van der Waals surface area contributed by atoms with Gasteiger partial charge >= 0.3 is 6.18 Å². The first-order valence-corrected chi connectivity index (χ1v) is 14.0. The predicted octanol–water partition coefficient (Wildman–Crippen LogP) is 6.02. The third-order valence-corrected chi connectivity index (χ3v) is 8.66. The van der Waals surface area contributed by atoms with E-state index in [2.05, 4.69) is 31.6 Å². The zero-order valence-corrected chi connectivity index (χ0v) is 23.2. The van der Waals surface area contributed by atoms with E-state index in [4.69, 9.17) is 0 Å². The molecule has 1 aromatic carbocycles. The number of aromatic nitrogens is 5. The lowest BCUT2D eigenvalue weighted by Crippen LogP contribution is -2.54. The number of aromatic amines is 1. The van der Waals surface area contributed by atoms with E-state index in [0.29, 0.717) is 35.5 Å². The van der Waals surface area contributed by atoms with Crippen molar-refractivity contribution in [1.82, 2.24) is 29.6 Å². The van der Waals surface area contributed by atoms with Crippen LogP contribution in [0.4, 0.5) is 27.8 Å². The van der Waals surface area contributed by atoms with E-state index in [1.807, 2.05) is 29.7 Å². The molecule has 0 spiro atoms. The highest BCUT2D eigenvalue weighted by Gasteiger charge is 2.45. The summed E-state index contributed by atoms with van der Waals surface area (Å²) in [6.45, 7) is 2.60.